The third-order valence-corrected chi connectivity index (χ3v) is 4.42. The topological polar surface area (TPSA) is 93.3 Å². The summed E-state index contributed by atoms with van der Waals surface area (Å²) in [5.74, 6) is 1.55. The third-order valence-electron chi connectivity index (χ3n) is 4.42. The highest BCUT2D eigenvalue weighted by atomic mass is 16.5. The van der Waals surface area contributed by atoms with Crippen LogP contribution < -0.4 is 20.3 Å². The molecule has 29 heavy (non-hydrogen) atoms. The molecule has 150 valence electrons. The minimum Gasteiger partial charge on any atom is -0.497 e. The first kappa shape index (κ1) is 20.1. The number of hydrogen-bond donors (Lipinski definition) is 2. The normalized spacial score (nSPS) is 10.4. The molecular weight excluding hydrogens is 370 g/mol. The van der Waals surface area contributed by atoms with Crippen LogP contribution in [0, 0.1) is 0 Å². The van der Waals surface area contributed by atoms with E-state index in [0.29, 0.717) is 40.7 Å². The summed E-state index contributed by atoms with van der Waals surface area (Å²) in [5, 5.41) is 2.88. The maximum absolute atomic E-state index is 12.6. The molecule has 1 aromatic heterocycles. The van der Waals surface area contributed by atoms with Crippen LogP contribution in [-0.2, 0) is 17.6 Å². The number of carbonyl (C=O) groups excluding carboxylic acids is 1. The number of anilines is 1. The number of ether oxygens (including phenoxy) is 2. The van der Waals surface area contributed by atoms with Gasteiger partial charge in [0, 0.05) is 28.6 Å². The summed E-state index contributed by atoms with van der Waals surface area (Å²) in [6.07, 6.45) is 0.792. The van der Waals surface area contributed by atoms with E-state index in [9.17, 15) is 9.59 Å². The Hall–Kier alpha value is -3.61. The molecule has 7 heteroatoms. The van der Waals surface area contributed by atoms with Gasteiger partial charge < -0.3 is 19.8 Å². The van der Waals surface area contributed by atoms with Gasteiger partial charge in [0.05, 0.1) is 20.6 Å². The molecule has 0 saturated carbocycles. The zero-order chi connectivity index (χ0) is 20.8. The van der Waals surface area contributed by atoms with E-state index >= 15 is 0 Å². The number of nitrogens with one attached hydrogen (secondary N) is 2. The highest BCUT2D eigenvalue weighted by Gasteiger charge is 2.12. The van der Waals surface area contributed by atoms with Gasteiger partial charge in [-0.15, -0.1) is 0 Å². The number of rotatable bonds is 7. The molecule has 7 nitrogen and oxygen atoms in total. The van der Waals surface area contributed by atoms with Gasteiger partial charge in [-0.05, 0) is 36.8 Å². The van der Waals surface area contributed by atoms with Gasteiger partial charge in [-0.25, -0.2) is 4.98 Å². The van der Waals surface area contributed by atoms with Crippen LogP contribution in [0.15, 0.2) is 53.3 Å². The van der Waals surface area contributed by atoms with Crippen molar-refractivity contribution in [2.24, 2.45) is 0 Å². The number of H-pyrrole nitrogens is 1. The summed E-state index contributed by atoms with van der Waals surface area (Å²) in [4.78, 5) is 31.6. The second-order valence-electron chi connectivity index (χ2n) is 6.42. The number of amides is 1. The Kier molecular flexibility index (Phi) is 6.29. The minimum atomic E-state index is -0.202. The van der Waals surface area contributed by atoms with Crippen molar-refractivity contribution < 1.29 is 14.3 Å². The lowest BCUT2D eigenvalue weighted by molar-refractivity contribution is -0.115. The summed E-state index contributed by atoms with van der Waals surface area (Å²) in [5.41, 5.74) is 2.56. The van der Waals surface area contributed by atoms with Crippen molar-refractivity contribution >= 4 is 11.6 Å². The number of aromatic amines is 1. The van der Waals surface area contributed by atoms with Crippen molar-refractivity contribution in [3.05, 3.63) is 70.1 Å². The van der Waals surface area contributed by atoms with Crippen LogP contribution in [-0.4, -0.2) is 30.1 Å². The Morgan fingerprint density at radius 1 is 1.10 bits per heavy atom. The average Bonchev–Trinajstić information content (AvgIpc) is 2.73. The molecule has 1 amide bonds. The maximum atomic E-state index is 12.6. The van der Waals surface area contributed by atoms with Gasteiger partial charge in [0.25, 0.3) is 5.56 Å². The van der Waals surface area contributed by atoms with Crippen LogP contribution in [0.2, 0.25) is 0 Å². The van der Waals surface area contributed by atoms with E-state index in [1.807, 2.05) is 13.0 Å². The molecule has 0 unspecified atom stereocenters. The third kappa shape index (κ3) is 5.01. The number of aryl methyl sites for hydroxylation is 1. The van der Waals surface area contributed by atoms with Crippen LogP contribution in [0.5, 0.6) is 11.5 Å². The Labute approximate surface area is 168 Å². The summed E-state index contributed by atoms with van der Waals surface area (Å²) in [7, 11) is 3.13. The maximum Gasteiger partial charge on any atom is 0.251 e. The molecule has 3 rings (SSSR count). The molecule has 0 bridgehead atoms. The molecular formula is C22H23N3O4. The summed E-state index contributed by atoms with van der Waals surface area (Å²) in [6, 6.07) is 14.0. The summed E-state index contributed by atoms with van der Waals surface area (Å²) in [6.45, 7) is 1.94. The van der Waals surface area contributed by atoms with Crippen molar-refractivity contribution in [3.63, 3.8) is 0 Å². The van der Waals surface area contributed by atoms with Crippen molar-refractivity contribution in [1.29, 1.82) is 0 Å². The molecule has 0 saturated heterocycles. The van der Waals surface area contributed by atoms with Crippen molar-refractivity contribution in [2.45, 2.75) is 19.8 Å². The lowest BCUT2D eigenvalue weighted by atomic mass is 10.1. The fourth-order valence-corrected chi connectivity index (χ4v) is 2.97. The van der Waals surface area contributed by atoms with E-state index in [0.717, 1.165) is 5.56 Å². The van der Waals surface area contributed by atoms with Crippen LogP contribution in [0.3, 0.4) is 0 Å². The predicted molar refractivity (Wildman–Crippen MR) is 112 cm³/mol. The Morgan fingerprint density at radius 2 is 1.93 bits per heavy atom. The smallest absolute Gasteiger partial charge is 0.251 e. The lowest BCUT2D eigenvalue weighted by Gasteiger charge is -2.11. The van der Waals surface area contributed by atoms with Crippen LogP contribution >= 0.6 is 0 Å². The van der Waals surface area contributed by atoms with Gasteiger partial charge in [0.2, 0.25) is 5.91 Å². The van der Waals surface area contributed by atoms with Crippen molar-refractivity contribution in [3.8, 4) is 22.9 Å². The van der Waals surface area contributed by atoms with Gasteiger partial charge in [-0.3, -0.25) is 9.59 Å². The summed E-state index contributed by atoms with van der Waals surface area (Å²) >= 11 is 0. The number of methoxy groups -OCH3 is 2. The first-order valence-electron chi connectivity index (χ1n) is 9.23. The average molecular weight is 393 g/mol. The number of aromatic nitrogens is 2. The minimum absolute atomic E-state index is 0.130. The van der Waals surface area contributed by atoms with E-state index in [2.05, 4.69) is 15.3 Å². The summed E-state index contributed by atoms with van der Waals surface area (Å²) < 4.78 is 10.6. The molecule has 2 N–H and O–H groups in total. The fraction of sp³-hybridized carbons (Fsp3) is 0.227. The Balaban J connectivity index is 1.80. The largest absolute Gasteiger partial charge is 0.497 e. The molecule has 0 aliphatic heterocycles. The van der Waals surface area contributed by atoms with Crippen LogP contribution in [0.4, 0.5) is 5.69 Å². The monoisotopic (exact) mass is 393 g/mol. The van der Waals surface area contributed by atoms with Crippen molar-refractivity contribution in [2.75, 3.05) is 19.5 Å². The number of nitrogens with zero attached hydrogens (tertiary/aromatic N) is 1. The SMILES string of the molecule is CCc1cc(=O)[nH]c(-c2cccc(NC(=O)Cc3cc(OC)ccc3OC)c2)n1. The highest BCUT2D eigenvalue weighted by Crippen LogP contribution is 2.25. The molecule has 0 fully saturated rings. The number of hydrogen-bond acceptors (Lipinski definition) is 5. The Morgan fingerprint density at radius 3 is 2.66 bits per heavy atom. The number of carbonyl (C=O) groups is 1. The first-order chi connectivity index (χ1) is 14.0. The zero-order valence-corrected chi connectivity index (χ0v) is 16.6. The number of benzene rings is 2. The van der Waals surface area contributed by atoms with E-state index in [1.165, 1.54) is 6.07 Å². The van der Waals surface area contributed by atoms with E-state index in [4.69, 9.17) is 9.47 Å². The fourth-order valence-electron chi connectivity index (χ4n) is 2.97. The molecule has 0 atom stereocenters. The second kappa shape index (κ2) is 9.05. The van der Waals surface area contributed by atoms with Crippen LogP contribution in [0.25, 0.3) is 11.4 Å². The van der Waals surface area contributed by atoms with Crippen LogP contribution in [0.1, 0.15) is 18.2 Å². The molecule has 0 spiro atoms. The van der Waals surface area contributed by atoms with E-state index < -0.39 is 0 Å². The lowest BCUT2D eigenvalue weighted by Crippen LogP contribution is -2.15. The Bertz CT molecular complexity index is 1080. The second-order valence-corrected chi connectivity index (χ2v) is 6.42. The zero-order valence-electron chi connectivity index (χ0n) is 16.6. The van der Waals surface area contributed by atoms with Gasteiger partial charge in [-0.2, -0.15) is 0 Å². The van der Waals surface area contributed by atoms with E-state index in [-0.39, 0.29) is 17.9 Å². The molecule has 1 heterocycles. The molecule has 2 aromatic carbocycles. The molecule has 3 aromatic rings. The van der Waals surface area contributed by atoms with Gasteiger partial charge in [0.1, 0.15) is 17.3 Å². The first-order valence-corrected chi connectivity index (χ1v) is 9.23. The highest BCUT2D eigenvalue weighted by molar-refractivity contribution is 5.93. The van der Waals surface area contributed by atoms with Crippen molar-refractivity contribution in [1.82, 2.24) is 9.97 Å². The predicted octanol–water partition coefficient (Wildman–Crippen LogP) is 3.20. The standard InChI is InChI=1S/C22H23N3O4/c1-4-16-13-21(27)25-22(24-16)14-6-5-7-17(10-14)23-20(26)12-15-11-18(28-2)8-9-19(15)29-3/h5-11,13H,4,12H2,1-3H3,(H,23,26)(H,24,25,27). The van der Waals surface area contributed by atoms with E-state index in [1.54, 1.807) is 50.6 Å². The molecule has 0 aliphatic carbocycles. The van der Waals surface area contributed by atoms with Gasteiger partial charge in [0.15, 0.2) is 0 Å². The van der Waals surface area contributed by atoms with Gasteiger partial charge in [-0.1, -0.05) is 19.1 Å². The van der Waals surface area contributed by atoms with Gasteiger partial charge >= 0.3 is 0 Å². The molecule has 0 radical (unpaired) electrons. The molecule has 0 aliphatic rings. The quantitative estimate of drug-likeness (QED) is 0.643.